The second-order valence-corrected chi connectivity index (χ2v) is 6.32. The number of benzene rings is 2. The average Bonchev–Trinajstić information content (AvgIpc) is 3.43. The van der Waals surface area contributed by atoms with E-state index in [1.54, 1.807) is 17.1 Å². The van der Waals surface area contributed by atoms with Crippen LogP contribution in [0.2, 0.25) is 0 Å². The molecule has 0 bridgehead atoms. The van der Waals surface area contributed by atoms with Crippen LogP contribution >= 0.6 is 0 Å². The Hall–Kier alpha value is -3.54. The molecular weight excluding hydrogens is 354 g/mol. The highest BCUT2D eigenvalue weighted by molar-refractivity contribution is 6.09. The van der Waals surface area contributed by atoms with Gasteiger partial charge < -0.3 is 14.5 Å². The molecule has 0 aliphatic heterocycles. The third-order valence-corrected chi connectivity index (χ3v) is 4.59. The minimum absolute atomic E-state index is 0.191. The van der Waals surface area contributed by atoms with Crippen LogP contribution < -0.4 is 10.1 Å². The van der Waals surface area contributed by atoms with Gasteiger partial charge in [0.1, 0.15) is 17.6 Å². The zero-order valence-electron chi connectivity index (χ0n) is 15.5. The van der Waals surface area contributed by atoms with Crippen LogP contribution in [-0.4, -0.2) is 28.8 Å². The largest absolute Gasteiger partial charge is 0.493 e. The lowest BCUT2D eigenvalue weighted by molar-refractivity contribution is 0.0946. The minimum atomic E-state index is -0.237. The van der Waals surface area contributed by atoms with Crippen LogP contribution in [0.25, 0.3) is 10.8 Å². The van der Waals surface area contributed by atoms with Crippen molar-refractivity contribution in [1.29, 1.82) is 0 Å². The van der Waals surface area contributed by atoms with E-state index in [0.29, 0.717) is 24.5 Å². The lowest BCUT2D eigenvalue weighted by Gasteiger charge is -2.18. The van der Waals surface area contributed by atoms with Crippen LogP contribution in [0.3, 0.4) is 0 Å². The molecule has 2 heterocycles. The van der Waals surface area contributed by atoms with Crippen molar-refractivity contribution in [1.82, 2.24) is 15.1 Å². The van der Waals surface area contributed by atoms with E-state index in [0.717, 1.165) is 16.5 Å². The van der Waals surface area contributed by atoms with Gasteiger partial charge in [-0.25, -0.2) is 0 Å². The highest BCUT2D eigenvalue weighted by Crippen LogP contribution is 2.28. The fourth-order valence-electron chi connectivity index (χ4n) is 3.31. The summed E-state index contributed by atoms with van der Waals surface area (Å²) in [6.45, 7) is 2.73. The number of carbonyl (C=O) groups excluding carboxylic acids is 1. The molecule has 0 fully saturated rings. The summed E-state index contributed by atoms with van der Waals surface area (Å²) in [6.07, 6.45) is 5.17. The number of hydrogen-bond acceptors (Lipinski definition) is 4. The van der Waals surface area contributed by atoms with Crippen molar-refractivity contribution >= 4 is 16.7 Å². The molecule has 1 atom stereocenters. The second kappa shape index (κ2) is 8.00. The standard InChI is InChI=1S/C22H21N3O3/c1-2-27-20-11-10-16-7-3-4-8-17(16)21(20)22(26)23-15-18(19-9-5-14-28-19)25-13-6-12-24-25/h3-14,18H,2,15H2,1H3,(H,23,26). The van der Waals surface area contributed by atoms with Crippen LogP contribution in [-0.2, 0) is 0 Å². The maximum Gasteiger partial charge on any atom is 0.255 e. The Labute approximate surface area is 162 Å². The van der Waals surface area contributed by atoms with Gasteiger partial charge in [0.25, 0.3) is 5.91 Å². The Morgan fingerprint density at radius 2 is 2.07 bits per heavy atom. The van der Waals surface area contributed by atoms with Crippen molar-refractivity contribution in [3.8, 4) is 5.75 Å². The summed E-state index contributed by atoms with van der Waals surface area (Å²) in [4.78, 5) is 13.1. The molecule has 2 aromatic heterocycles. The second-order valence-electron chi connectivity index (χ2n) is 6.32. The maximum absolute atomic E-state index is 13.1. The van der Waals surface area contributed by atoms with Crippen molar-refractivity contribution in [3.05, 3.63) is 84.6 Å². The van der Waals surface area contributed by atoms with Crippen LogP contribution in [0.5, 0.6) is 5.75 Å². The van der Waals surface area contributed by atoms with Gasteiger partial charge in [-0.3, -0.25) is 9.48 Å². The number of aromatic nitrogens is 2. The zero-order chi connectivity index (χ0) is 19.3. The Morgan fingerprint density at radius 3 is 2.82 bits per heavy atom. The average molecular weight is 375 g/mol. The number of furan rings is 1. The van der Waals surface area contributed by atoms with E-state index < -0.39 is 0 Å². The maximum atomic E-state index is 13.1. The summed E-state index contributed by atoms with van der Waals surface area (Å²) in [5.74, 6) is 1.11. The summed E-state index contributed by atoms with van der Waals surface area (Å²) in [5.41, 5.74) is 0.540. The third kappa shape index (κ3) is 3.49. The quantitative estimate of drug-likeness (QED) is 0.529. The lowest BCUT2D eigenvalue weighted by atomic mass is 10.0. The molecular formula is C22H21N3O3. The molecule has 142 valence electrons. The fraction of sp³-hybridized carbons (Fsp3) is 0.182. The smallest absolute Gasteiger partial charge is 0.255 e. The number of nitrogens with zero attached hydrogens (tertiary/aromatic N) is 2. The van der Waals surface area contributed by atoms with Gasteiger partial charge in [-0.15, -0.1) is 0 Å². The molecule has 0 aliphatic rings. The summed E-state index contributed by atoms with van der Waals surface area (Å²) in [5, 5.41) is 9.18. The van der Waals surface area contributed by atoms with Gasteiger partial charge in [0.2, 0.25) is 0 Å². The van der Waals surface area contributed by atoms with Crippen LogP contribution in [0.4, 0.5) is 0 Å². The van der Waals surface area contributed by atoms with E-state index in [9.17, 15) is 4.79 Å². The van der Waals surface area contributed by atoms with E-state index in [4.69, 9.17) is 9.15 Å². The molecule has 28 heavy (non-hydrogen) atoms. The fourth-order valence-corrected chi connectivity index (χ4v) is 3.31. The predicted molar refractivity (Wildman–Crippen MR) is 107 cm³/mol. The van der Waals surface area contributed by atoms with Crippen LogP contribution in [0, 0.1) is 0 Å². The molecule has 4 rings (SSSR count). The first-order valence-electron chi connectivity index (χ1n) is 9.23. The summed E-state index contributed by atoms with van der Waals surface area (Å²) < 4.78 is 13.0. The number of carbonyl (C=O) groups is 1. The Kier molecular flexibility index (Phi) is 5.10. The Bertz CT molecular complexity index is 1020. The number of amides is 1. The molecule has 0 saturated carbocycles. The van der Waals surface area contributed by atoms with Crippen LogP contribution in [0.1, 0.15) is 29.1 Å². The number of rotatable bonds is 7. The molecule has 0 radical (unpaired) electrons. The molecule has 2 aromatic carbocycles. The van der Waals surface area contributed by atoms with Crippen molar-refractivity contribution < 1.29 is 13.9 Å². The minimum Gasteiger partial charge on any atom is -0.493 e. The molecule has 4 aromatic rings. The predicted octanol–water partition coefficient (Wildman–Crippen LogP) is 4.05. The van der Waals surface area contributed by atoms with E-state index in [2.05, 4.69) is 10.4 Å². The number of fused-ring (bicyclic) bond motifs is 1. The molecule has 0 saturated heterocycles. The van der Waals surface area contributed by atoms with Gasteiger partial charge in [-0.2, -0.15) is 5.10 Å². The molecule has 0 spiro atoms. The highest BCUT2D eigenvalue weighted by atomic mass is 16.5. The van der Waals surface area contributed by atoms with Crippen molar-refractivity contribution in [3.63, 3.8) is 0 Å². The highest BCUT2D eigenvalue weighted by Gasteiger charge is 2.21. The van der Waals surface area contributed by atoms with Gasteiger partial charge in [-0.05, 0) is 42.0 Å². The van der Waals surface area contributed by atoms with Gasteiger partial charge in [0.05, 0.1) is 18.4 Å². The first kappa shape index (κ1) is 17.9. The monoisotopic (exact) mass is 375 g/mol. The third-order valence-electron chi connectivity index (χ3n) is 4.59. The Balaban J connectivity index is 1.64. The molecule has 6 nitrogen and oxygen atoms in total. The molecule has 6 heteroatoms. The Morgan fingerprint density at radius 1 is 1.18 bits per heavy atom. The first-order valence-corrected chi connectivity index (χ1v) is 9.23. The molecule has 1 unspecified atom stereocenters. The van der Waals surface area contributed by atoms with E-state index in [1.165, 1.54) is 0 Å². The lowest BCUT2D eigenvalue weighted by Crippen LogP contribution is -2.31. The molecule has 0 aliphatic carbocycles. The normalized spacial score (nSPS) is 12.0. The molecule has 1 N–H and O–H groups in total. The SMILES string of the molecule is CCOc1ccc2ccccc2c1C(=O)NCC(c1ccco1)n1cccn1. The summed E-state index contributed by atoms with van der Waals surface area (Å²) in [6, 6.07) is 16.9. The number of ether oxygens (including phenoxy) is 1. The van der Waals surface area contributed by atoms with E-state index in [-0.39, 0.29) is 11.9 Å². The van der Waals surface area contributed by atoms with E-state index in [1.807, 2.05) is 67.7 Å². The van der Waals surface area contributed by atoms with Gasteiger partial charge >= 0.3 is 0 Å². The van der Waals surface area contributed by atoms with Crippen LogP contribution in [0.15, 0.2) is 77.7 Å². The van der Waals surface area contributed by atoms with Gasteiger partial charge in [0, 0.05) is 18.9 Å². The van der Waals surface area contributed by atoms with E-state index >= 15 is 0 Å². The zero-order valence-corrected chi connectivity index (χ0v) is 15.5. The number of nitrogens with one attached hydrogen (secondary N) is 1. The van der Waals surface area contributed by atoms with Crippen molar-refractivity contribution in [2.45, 2.75) is 13.0 Å². The summed E-state index contributed by atoms with van der Waals surface area (Å²) >= 11 is 0. The van der Waals surface area contributed by atoms with Gasteiger partial charge in [-0.1, -0.05) is 30.3 Å². The summed E-state index contributed by atoms with van der Waals surface area (Å²) in [7, 11) is 0. The van der Waals surface area contributed by atoms with Gasteiger partial charge in [0.15, 0.2) is 0 Å². The number of hydrogen-bond donors (Lipinski definition) is 1. The topological polar surface area (TPSA) is 69.3 Å². The van der Waals surface area contributed by atoms with Crippen molar-refractivity contribution in [2.24, 2.45) is 0 Å². The molecule has 1 amide bonds. The first-order chi connectivity index (χ1) is 13.8. The van der Waals surface area contributed by atoms with Crippen molar-refractivity contribution in [2.75, 3.05) is 13.2 Å².